The Morgan fingerprint density at radius 1 is 1.06 bits per heavy atom. The quantitative estimate of drug-likeness (QED) is 0.919. The van der Waals surface area contributed by atoms with Gasteiger partial charge in [0.25, 0.3) is 0 Å². The molecule has 2 aromatic rings. The van der Waals surface area contributed by atoms with Crippen molar-refractivity contribution in [2.24, 2.45) is 5.73 Å². The van der Waals surface area contributed by atoms with Crippen molar-refractivity contribution in [1.82, 2.24) is 4.98 Å². The minimum atomic E-state index is -0.126. The maximum absolute atomic E-state index is 6.24. The zero-order chi connectivity index (χ0) is 12.4. The summed E-state index contributed by atoms with van der Waals surface area (Å²) in [6, 6.07) is 8.21. The van der Waals surface area contributed by atoms with Crippen LogP contribution < -0.4 is 5.73 Å². The van der Waals surface area contributed by atoms with E-state index in [2.05, 4.69) is 53.0 Å². The summed E-state index contributed by atoms with van der Waals surface area (Å²) in [5.74, 6) is 0. The Hall–Kier alpha value is -1.19. The third kappa shape index (κ3) is 2.73. The van der Waals surface area contributed by atoms with Gasteiger partial charge in [-0.05, 0) is 58.1 Å². The van der Waals surface area contributed by atoms with E-state index in [0.29, 0.717) is 0 Å². The highest BCUT2D eigenvalue weighted by Gasteiger charge is 2.10. The number of rotatable bonds is 2. The molecule has 0 saturated carbocycles. The average Bonchev–Trinajstić information content (AvgIpc) is 2.32. The van der Waals surface area contributed by atoms with Gasteiger partial charge in [-0.1, -0.05) is 18.2 Å². The van der Waals surface area contributed by atoms with Crippen molar-refractivity contribution >= 4 is 15.9 Å². The van der Waals surface area contributed by atoms with Gasteiger partial charge < -0.3 is 5.73 Å². The van der Waals surface area contributed by atoms with Crippen LogP contribution >= 0.6 is 15.9 Å². The molecule has 0 spiro atoms. The third-order valence-corrected chi connectivity index (χ3v) is 3.41. The molecule has 0 radical (unpaired) electrons. The highest BCUT2D eigenvalue weighted by atomic mass is 79.9. The number of nitrogens with zero attached hydrogens (tertiary/aromatic N) is 1. The second-order valence-electron chi connectivity index (χ2n) is 4.26. The fourth-order valence-electron chi connectivity index (χ4n) is 1.75. The Bertz CT molecular complexity index is 537. The summed E-state index contributed by atoms with van der Waals surface area (Å²) in [5, 5.41) is 0. The molecule has 2 nitrogen and oxygen atoms in total. The first-order chi connectivity index (χ1) is 8.08. The second-order valence-corrected chi connectivity index (χ2v) is 5.17. The molecule has 17 heavy (non-hydrogen) atoms. The highest BCUT2D eigenvalue weighted by Crippen LogP contribution is 2.23. The van der Waals surface area contributed by atoms with Gasteiger partial charge in [0.2, 0.25) is 0 Å². The van der Waals surface area contributed by atoms with Crippen molar-refractivity contribution in [3.63, 3.8) is 0 Å². The Kier molecular flexibility index (Phi) is 3.60. The predicted molar refractivity (Wildman–Crippen MR) is 73.9 cm³/mol. The van der Waals surface area contributed by atoms with Crippen LogP contribution in [0.3, 0.4) is 0 Å². The van der Waals surface area contributed by atoms with E-state index in [1.165, 1.54) is 11.1 Å². The molecule has 2 N–H and O–H groups in total. The van der Waals surface area contributed by atoms with Crippen LogP contribution in [0.1, 0.15) is 28.3 Å². The highest BCUT2D eigenvalue weighted by molar-refractivity contribution is 9.10. The lowest BCUT2D eigenvalue weighted by molar-refractivity contribution is 0.859. The number of hydrogen-bond acceptors (Lipinski definition) is 2. The summed E-state index contributed by atoms with van der Waals surface area (Å²) in [5.41, 5.74) is 10.9. The normalized spacial score (nSPS) is 12.5. The molecule has 0 fully saturated rings. The first-order valence-corrected chi connectivity index (χ1v) is 6.30. The van der Waals surface area contributed by atoms with Gasteiger partial charge in [-0.15, -0.1) is 0 Å². The Balaban J connectivity index is 2.36. The molecule has 88 valence electrons. The lowest BCUT2D eigenvalue weighted by Crippen LogP contribution is -2.12. The van der Waals surface area contributed by atoms with Gasteiger partial charge in [-0.25, -0.2) is 0 Å². The van der Waals surface area contributed by atoms with Crippen molar-refractivity contribution < 1.29 is 0 Å². The minimum Gasteiger partial charge on any atom is -0.320 e. The molecule has 0 bridgehead atoms. The van der Waals surface area contributed by atoms with E-state index in [9.17, 15) is 0 Å². The van der Waals surface area contributed by atoms with E-state index in [-0.39, 0.29) is 6.04 Å². The van der Waals surface area contributed by atoms with Crippen LogP contribution in [-0.2, 0) is 0 Å². The molecular weight excluding hydrogens is 276 g/mol. The van der Waals surface area contributed by atoms with E-state index < -0.39 is 0 Å². The summed E-state index contributed by atoms with van der Waals surface area (Å²) >= 11 is 3.41. The molecule has 3 heteroatoms. The van der Waals surface area contributed by atoms with Gasteiger partial charge in [-0.2, -0.15) is 0 Å². The van der Waals surface area contributed by atoms with E-state index in [4.69, 9.17) is 5.73 Å². The predicted octanol–water partition coefficient (Wildman–Crippen LogP) is 3.51. The van der Waals surface area contributed by atoms with Crippen LogP contribution in [0, 0.1) is 13.8 Å². The molecule has 1 aromatic heterocycles. The molecule has 0 saturated heterocycles. The van der Waals surface area contributed by atoms with Crippen molar-refractivity contribution in [3.05, 3.63) is 63.4 Å². The van der Waals surface area contributed by atoms with Crippen molar-refractivity contribution in [1.29, 1.82) is 0 Å². The fraction of sp³-hybridized carbons (Fsp3) is 0.214. The molecule has 0 aliphatic heterocycles. The molecule has 0 aliphatic rings. The zero-order valence-corrected chi connectivity index (χ0v) is 11.5. The number of hydrogen-bond donors (Lipinski definition) is 1. The number of aryl methyl sites for hydroxylation is 2. The summed E-state index contributed by atoms with van der Waals surface area (Å²) in [7, 11) is 0. The molecular formula is C14H15BrN2. The van der Waals surface area contributed by atoms with E-state index in [0.717, 1.165) is 15.6 Å². The molecule has 1 atom stereocenters. The van der Waals surface area contributed by atoms with Crippen LogP contribution in [0.2, 0.25) is 0 Å². The Morgan fingerprint density at radius 2 is 1.82 bits per heavy atom. The maximum atomic E-state index is 6.24. The smallest absolute Gasteiger partial charge is 0.0567 e. The lowest BCUT2D eigenvalue weighted by Gasteiger charge is -2.14. The number of nitrogens with two attached hydrogens (primary N) is 1. The van der Waals surface area contributed by atoms with Crippen molar-refractivity contribution in [3.8, 4) is 0 Å². The second kappa shape index (κ2) is 4.98. The molecule has 0 aliphatic carbocycles. The van der Waals surface area contributed by atoms with Gasteiger partial charge in [0, 0.05) is 16.9 Å². The van der Waals surface area contributed by atoms with Crippen LogP contribution in [0.15, 0.2) is 41.1 Å². The topological polar surface area (TPSA) is 38.9 Å². The van der Waals surface area contributed by atoms with Crippen molar-refractivity contribution in [2.75, 3.05) is 0 Å². The number of halogens is 1. The first kappa shape index (κ1) is 12.3. The Morgan fingerprint density at radius 3 is 2.47 bits per heavy atom. The minimum absolute atomic E-state index is 0.126. The summed E-state index contributed by atoms with van der Waals surface area (Å²) in [4.78, 5) is 4.14. The monoisotopic (exact) mass is 290 g/mol. The molecule has 1 heterocycles. The number of benzene rings is 1. The van der Waals surface area contributed by atoms with Crippen LogP contribution in [0.25, 0.3) is 0 Å². The first-order valence-electron chi connectivity index (χ1n) is 5.51. The van der Waals surface area contributed by atoms with Gasteiger partial charge in [-0.3, -0.25) is 4.98 Å². The Labute approximate surface area is 110 Å². The molecule has 1 unspecified atom stereocenters. The van der Waals surface area contributed by atoms with E-state index in [1.54, 1.807) is 6.20 Å². The maximum Gasteiger partial charge on any atom is 0.0567 e. The van der Waals surface area contributed by atoms with Gasteiger partial charge in [0.05, 0.1) is 6.04 Å². The third-order valence-electron chi connectivity index (χ3n) is 2.98. The van der Waals surface area contributed by atoms with Gasteiger partial charge >= 0.3 is 0 Å². The van der Waals surface area contributed by atoms with Crippen LogP contribution in [-0.4, -0.2) is 4.98 Å². The average molecular weight is 291 g/mol. The van der Waals surface area contributed by atoms with Gasteiger partial charge in [0.15, 0.2) is 0 Å². The lowest BCUT2D eigenvalue weighted by atomic mass is 9.97. The van der Waals surface area contributed by atoms with E-state index >= 15 is 0 Å². The largest absolute Gasteiger partial charge is 0.320 e. The van der Waals surface area contributed by atoms with Crippen molar-refractivity contribution in [2.45, 2.75) is 19.9 Å². The molecule has 1 aromatic carbocycles. The summed E-state index contributed by atoms with van der Waals surface area (Å²) < 4.78 is 0.953. The van der Waals surface area contributed by atoms with E-state index in [1.807, 2.05) is 12.3 Å². The zero-order valence-electron chi connectivity index (χ0n) is 9.94. The SMILES string of the molecule is Cc1ccc(C(N)c2cncc(Br)c2)cc1C. The summed E-state index contributed by atoms with van der Waals surface area (Å²) in [6.07, 6.45) is 3.57. The van der Waals surface area contributed by atoms with Crippen LogP contribution in [0.4, 0.5) is 0 Å². The fourth-order valence-corrected chi connectivity index (χ4v) is 2.13. The van der Waals surface area contributed by atoms with Crippen LogP contribution in [0.5, 0.6) is 0 Å². The van der Waals surface area contributed by atoms with Gasteiger partial charge in [0.1, 0.15) is 0 Å². The molecule has 2 rings (SSSR count). The standard InChI is InChI=1S/C14H15BrN2/c1-9-3-4-11(5-10(9)2)14(16)12-6-13(15)8-17-7-12/h3-8,14H,16H2,1-2H3. The number of aromatic nitrogens is 1. The summed E-state index contributed by atoms with van der Waals surface area (Å²) in [6.45, 7) is 4.20. The number of pyridine rings is 1. The molecule has 0 amide bonds.